The van der Waals surface area contributed by atoms with Crippen LogP contribution in [0.1, 0.15) is 21.5 Å². The van der Waals surface area contributed by atoms with E-state index >= 15 is 0 Å². The van der Waals surface area contributed by atoms with Crippen molar-refractivity contribution in [3.05, 3.63) is 83.4 Å². The lowest BCUT2D eigenvalue weighted by Crippen LogP contribution is -2.13. The third kappa shape index (κ3) is 5.55. The number of fused-ring (bicyclic) bond motifs is 1. The molecule has 0 unspecified atom stereocenters. The van der Waals surface area contributed by atoms with Gasteiger partial charge in [0.2, 0.25) is 6.79 Å². The Kier molecular flexibility index (Phi) is 5.81. The van der Waals surface area contributed by atoms with Crippen LogP contribution < -0.4 is 19.5 Å². The number of anilines is 1. The lowest BCUT2D eigenvalue weighted by Gasteiger charge is -2.10. The molecule has 1 heterocycles. The van der Waals surface area contributed by atoms with Gasteiger partial charge in [-0.15, -0.1) is 0 Å². The third-order valence-corrected chi connectivity index (χ3v) is 5.41. The summed E-state index contributed by atoms with van der Waals surface area (Å²) in [6, 6.07) is 19.3. The Morgan fingerprint density at radius 2 is 1.74 bits per heavy atom. The molecule has 1 N–H and O–H groups in total. The van der Waals surface area contributed by atoms with Crippen molar-refractivity contribution < 1.29 is 27.4 Å². The molecule has 1 aliphatic rings. The minimum atomic E-state index is -3.18. The number of benzene rings is 3. The van der Waals surface area contributed by atoms with Crippen LogP contribution in [0.15, 0.2) is 66.7 Å². The van der Waals surface area contributed by atoms with Crippen LogP contribution in [0.5, 0.6) is 17.2 Å². The molecule has 1 aliphatic heterocycles. The van der Waals surface area contributed by atoms with E-state index in [4.69, 9.17) is 14.2 Å². The topological polar surface area (TPSA) is 90.9 Å². The fourth-order valence-electron chi connectivity index (χ4n) is 3.18. The van der Waals surface area contributed by atoms with Crippen molar-refractivity contribution in [3.63, 3.8) is 0 Å². The highest BCUT2D eigenvalue weighted by molar-refractivity contribution is 7.89. The van der Waals surface area contributed by atoms with Crippen molar-refractivity contribution in [2.24, 2.45) is 0 Å². The second kappa shape index (κ2) is 8.69. The number of sulfone groups is 1. The van der Waals surface area contributed by atoms with Crippen molar-refractivity contribution in [1.29, 1.82) is 0 Å². The highest BCUT2D eigenvalue weighted by Crippen LogP contribution is 2.35. The van der Waals surface area contributed by atoms with Gasteiger partial charge in [-0.2, -0.15) is 0 Å². The summed E-state index contributed by atoms with van der Waals surface area (Å²) >= 11 is 0. The normalized spacial score (nSPS) is 12.4. The molecule has 0 saturated heterocycles. The van der Waals surface area contributed by atoms with Crippen LogP contribution in [-0.2, 0) is 22.2 Å². The van der Waals surface area contributed by atoms with E-state index in [2.05, 4.69) is 5.32 Å². The standard InChI is InChI=1S/C23H21NO6S/c1-31(26,27)14-17-5-2-6-18(10-17)23(25)24-19-7-3-4-16(11-19)13-28-20-8-9-21-22(12-20)30-15-29-21/h2-12H,13-15H2,1H3,(H,24,25). The SMILES string of the molecule is CS(=O)(=O)Cc1cccc(C(=O)Nc2cccc(COc3ccc4c(c3)OCO4)c2)c1. The van der Waals surface area contributed by atoms with E-state index in [-0.39, 0.29) is 18.5 Å². The van der Waals surface area contributed by atoms with E-state index in [1.807, 2.05) is 24.3 Å². The van der Waals surface area contributed by atoms with Crippen molar-refractivity contribution >= 4 is 21.4 Å². The first kappa shape index (κ1) is 20.7. The Morgan fingerprint density at radius 3 is 2.58 bits per heavy atom. The predicted octanol–water partition coefficient (Wildman–Crippen LogP) is 3.79. The Labute approximate surface area is 180 Å². The fraction of sp³-hybridized carbons (Fsp3) is 0.174. The largest absolute Gasteiger partial charge is 0.489 e. The van der Waals surface area contributed by atoms with Crippen molar-refractivity contribution in [2.75, 3.05) is 18.4 Å². The smallest absolute Gasteiger partial charge is 0.255 e. The number of rotatable bonds is 7. The first-order chi connectivity index (χ1) is 14.9. The van der Waals surface area contributed by atoms with Gasteiger partial charge in [-0.05, 0) is 47.5 Å². The Bertz CT molecular complexity index is 1220. The van der Waals surface area contributed by atoms with Crippen LogP contribution >= 0.6 is 0 Å². The van der Waals surface area contributed by atoms with Crippen LogP contribution in [-0.4, -0.2) is 27.4 Å². The van der Waals surface area contributed by atoms with Crippen LogP contribution in [0, 0.1) is 0 Å². The average molecular weight is 439 g/mol. The summed E-state index contributed by atoms with van der Waals surface area (Å²) in [5.41, 5.74) is 2.45. The molecule has 4 rings (SSSR count). The van der Waals surface area contributed by atoms with Gasteiger partial charge in [0.05, 0.1) is 5.75 Å². The lowest BCUT2D eigenvalue weighted by atomic mass is 10.1. The summed E-state index contributed by atoms with van der Waals surface area (Å²) in [5.74, 6) is 1.57. The molecule has 3 aromatic rings. The second-order valence-corrected chi connectivity index (χ2v) is 9.37. The van der Waals surface area contributed by atoms with E-state index in [1.54, 1.807) is 42.5 Å². The van der Waals surface area contributed by atoms with E-state index in [9.17, 15) is 13.2 Å². The van der Waals surface area contributed by atoms with Crippen LogP contribution in [0.25, 0.3) is 0 Å². The summed E-state index contributed by atoms with van der Waals surface area (Å²) < 4.78 is 39.5. The number of hydrogen-bond acceptors (Lipinski definition) is 6. The maximum Gasteiger partial charge on any atom is 0.255 e. The first-order valence-corrected chi connectivity index (χ1v) is 11.6. The molecule has 160 valence electrons. The van der Waals surface area contributed by atoms with Gasteiger partial charge in [-0.1, -0.05) is 24.3 Å². The molecule has 0 aliphatic carbocycles. The summed E-state index contributed by atoms with van der Waals surface area (Å²) in [4.78, 5) is 12.6. The zero-order valence-corrected chi connectivity index (χ0v) is 17.6. The molecule has 0 fully saturated rings. The molecule has 0 atom stereocenters. The van der Waals surface area contributed by atoms with Gasteiger partial charge in [0.25, 0.3) is 5.91 Å². The minimum absolute atomic E-state index is 0.110. The summed E-state index contributed by atoms with van der Waals surface area (Å²) in [6.07, 6.45) is 1.16. The van der Waals surface area contributed by atoms with Crippen molar-refractivity contribution in [2.45, 2.75) is 12.4 Å². The number of carbonyl (C=O) groups is 1. The highest BCUT2D eigenvalue weighted by atomic mass is 32.2. The molecule has 0 radical (unpaired) electrons. The molecular formula is C23H21NO6S. The maximum absolute atomic E-state index is 12.6. The van der Waals surface area contributed by atoms with Gasteiger partial charge < -0.3 is 19.5 Å². The molecule has 0 bridgehead atoms. The molecule has 1 amide bonds. The first-order valence-electron chi connectivity index (χ1n) is 9.55. The zero-order chi connectivity index (χ0) is 21.8. The summed E-state index contributed by atoms with van der Waals surface area (Å²) in [5, 5.41) is 2.84. The van der Waals surface area contributed by atoms with Gasteiger partial charge in [0.1, 0.15) is 12.4 Å². The van der Waals surface area contributed by atoms with Gasteiger partial charge in [0.15, 0.2) is 21.3 Å². The van der Waals surface area contributed by atoms with Gasteiger partial charge in [0, 0.05) is 23.6 Å². The quantitative estimate of drug-likeness (QED) is 0.602. The van der Waals surface area contributed by atoms with Gasteiger partial charge in [-0.3, -0.25) is 4.79 Å². The summed E-state index contributed by atoms with van der Waals surface area (Å²) in [7, 11) is -3.18. The molecule has 7 nitrogen and oxygen atoms in total. The van der Waals surface area contributed by atoms with E-state index in [0.29, 0.717) is 40.7 Å². The number of carbonyl (C=O) groups excluding carboxylic acids is 1. The van der Waals surface area contributed by atoms with E-state index in [0.717, 1.165) is 11.8 Å². The Balaban J connectivity index is 1.40. The van der Waals surface area contributed by atoms with Gasteiger partial charge >= 0.3 is 0 Å². The van der Waals surface area contributed by atoms with Crippen LogP contribution in [0.3, 0.4) is 0 Å². The molecule has 31 heavy (non-hydrogen) atoms. The molecule has 3 aromatic carbocycles. The number of hydrogen-bond donors (Lipinski definition) is 1. The zero-order valence-electron chi connectivity index (χ0n) is 16.8. The molecule has 0 saturated carbocycles. The minimum Gasteiger partial charge on any atom is -0.489 e. The number of amides is 1. The summed E-state index contributed by atoms with van der Waals surface area (Å²) in [6.45, 7) is 0.519. The second-order valence-electron chi connectivity index (χ2n) is 7.23. The van der Waals surface area contributed by atoms with Crippen molar-refractivity contribution in [1.82, 2.24) is 0 Å². The molecule has 0 spiro atoms. The maximum atomic E-state index is 12.6. The molecule has 0 aromatic heterocycles. The van der Waals surface area contributed by atoms with E-state index < -0.39 is 9.84 Å². The highest BCUT2D eigenvalue weighted by Gasteiger charge is 2.14. The number of nitrogens with one attached hydrogen (secondary N) is 1. The average Bonchev–Trinajstić information content (AvgIpc) is 3.19. The van der Waals surface area contributed by atoms with E-state index in [1.165, 1.54) is 0 Å². The van der Waals surface area contributed by atoms with Crippen LogP contribution in [0.4, 0.5) is 5.69 Å². The van der Waals surface area contributed by atoms with Crippen molar-refractivity contribution in [3.8, 4) is 17.2 Å². The lowest BCUT2D eigenvalue weighted by molar-refractivity contribution is 0.102. The monoisotopic (exact) mass is 439 g/mol. The Morgan fingerprint density at radius 1 is 0.968 bits per heavy atom. The fourth-order valence-corrected chi connectivity index (χ4v) is 3.97. The molecule has 8 heteroatoms. The Hall–Kier alpha value is -3.52. The number of ether oxygens (including phenoxy) is 3. The van der Waals surface area contributed by atoms with Crippen LogP contribution in [0.2, 0.25) is 0 Å². The van der Waals surface area contributed by atoms with Gasteiger partial charge in [-0.25, -0.2) is 8.42 Å². The third-order valence-electron chi connectivity index (χ3n) is 4.55. The predicted molar refractivity (Wildman–Crippen MR) is 116 cm³/mol. The molecular weight excluding hydrogens is 418 g/mol.